The van der Waals surface area contributed by atoms with Crippen molar-refractivity contribution in [1.82, 2.24) is 0 Å². The molecule has 4 saturated heterocycles. The van der Waals surface area contributed by atoms with Gasteiger partial charge in [0.15, 0.2) is 11.9 Å². The largest absolute Gasteiger partial charge is 0.465 e. The number of methoxy groups -OCH3 is 1. The highest BCUT2D eigenvalue weighted by Gasteiger charge is 2.69. The van der Waals surface area contributed by atoms with Gasteiger partial charge in [-0.1, -0.05) is 37.7 Å². The van der Waals surface area contributed by atoms with Gasteiger partial charge in [0.25, 0.3) is 0 Å². The maximum atomic E-state index is 12.2. The highest BCUT2D eigenvalue weighted by molar-refractivity contribution is 7.99. The van der Waals surface area contributed by atoms with Crippen LogP contribution in [0.25, 0.3) is 0 Å². The summed E-state index contributed by atoms with van der Waals surface area (Å²) in [6.45, 7) is 6.48. The normalized spacial score (nSPS) is 44.8. The van der Waals surface area contributed by atoms with Crippen LogP contribution in [-0.4, -0.2) is 36.2 Å². The van der Waals surface area contributed by atoms with Crippen molar-refractivity contribution in [2.45, 2.75) is 74.5 Å². The van der Waals surface area contributed by atoms with Crippen LogP contribution in [0.15, 0.2) is 29.2 Å². The SMILES string of the molecule is COC(=O)c1ccccc1S[C@@H]1O[C@@H]2O[C@@]3(C)CC[C@H]4[C@H](C)CC[C@@H]([C@H]1C)[C@@]24OO3. The lowest BCUT2D eigenvalue weighted by molar-refractivity contribution is -0.568. The molecular weight excluding hydrogens is 404 g/mol. The molecule has 6 rings (SSSR count). The first-order valence-corrected chi connectivity index (χ1v) is 11.8. The van der Waals surface area contributed by atoms with Crippen LogP contribution in [0.5, 0.6) is 0 Å². The number of benzene rings is 1. The van der Waals surface area contributed by atoms with Crippen LogP contribution in [0, 0.1) is 23.7 Å². The summed E-state index contributed by atoms with van der Waals surface area (Å²) in [5, 5.41) is 0. The molecule has 5 aliphatic rings. The summed E-state index contributed by atoms with van der Waals surface area (Å²) in [7, 11) is 1.41. The maximum absolute atomic E-state index is 12.2. The van der Waals surface area contributed by atoms with Crippen molar-refractivity contribution < 1.29 is 28.8 Å². The van der Waals surface area contributed by atoms with Crippen LogP contribution in [0.2, 0.25) is 0 Å². The van der Waals surface area contributed by atoms with Gasteiger partial charge in [0, 0.05) is 17.2 Å². The van der Waals surface area contributed by atoms with Crippen molar-refractivity contribution in [2.24, 2.45) is 23.7 Å². The molecule has 164 valence electrons. The number of hydrogen-bond acceptors (Lipinski definition) is 7. The Bertz CT molecular complexity index is 832. The first kappa shape index (κ1) is 20.8. The number of hydrogen-bond donors (Lipinski definition) is 0. The van der Waals surface area contributed by atoms with Crippen molar-refractivity contribution in [3.63, 3.8) is 0 Å². The monoisotopic (exact) mass is 434 g/mol. The first-order chi connectivity index (χ1) is 14.4. The number of carbonyl (C=O) groups is 1. The molecule has 1 aromatic carbocycles. The molecule has 7 heteroatoms. The number of rotatable bonds is 3. The third-order valence-corrected chi connectivity index (χ3v) is 9.02. The van der Waals surface area contributed by atoms with Crippen molar-refractivity contribution in [3.05, 3.63) is 29.8 Å². The van der Waals surface area contributed by atoms with Crippen molar-refractivity contribution >= 4 is 17.7 Å². The maximum Gasteiger partial charge on any atom is 0.338 e. The Morgan fingerprint density at radius 1 is 1.13 bits per heavy atom. The Labute approximate surface area is 181 Å². The van der Waals surface area contributed by atoms with Gasteiger partial charge < -0.3 is 14.2 Å². The van der Waals surface area contributed by atoms with Gasteiger partial charge in [0.05, 0.1) is 12.7 Å². The summed E-state index contributed by atoms with van der Waals surface area (Å²) in [5.41, 5.74) is -0.158. The molecule has 1 aromatic rings. The van der Waals surface area contributed by atoms with Crippen LogP contribution in [-0.2, 0) is 24.0 Å². The molecule has 4 aliphatic heterocycles. The molecule has 1 aliphatic carbocycles. The Morgan fingerprint density at radius 3 is 2.73 bits per heavy atom. The second kappa shape index (κ2) is 7.48. The van der Waals surface area contributed by atoms with E-state index >= 15 is 0 Å². The summed E-state index contributed by atoms with van der Waals surface area (Å²) in [5.74, 6) is 0.248. The quantitative estimate of drug-likeness (QED) is 0.501. The molecule has 0 radical (unpaired) electrons. The smallest absolute Gasteiger partial charge is 0.338 e. The van der Waals surface area contributed by atoms with Gasteiger partial charge in [-0.3, -0.25) is 0 Å². The predicted octanol–water partition coefficient (Wildman–Crippen LogP) is 4.77. The highest BCUT2D eigenvalue weighted by atomic mass is 32.2. The topological polar surface area (TPSA) is 63.2 Å². The molecule has 8 atom stereocenters. The minimum absolute atomic E-state index is 0.156. The van der Waals surface area contributed by atoms with Gasteiger partial charge in [0.1, 0.15) is 5.44 Å². The Kier molecular flexibility index (Phi) is 5.18. The van der Waals surface area contributed by atoms with E-state index < -0.39 is 17.7 Å². The lowest BCUT2D eigenvalue weighted by Gasteiger charge is -2.60. The van der Waals surface area contributed by atoms with E-state index in [0.29, 0.717) is 17.4 Å². The number of esters is 1. The van der Waals surface area contributed by atoms with Crippen LogP contribution < -0.4 is 0 Å². The number of ether oxygens (including phenoxy) is 3. The number of carbonyl (C=O) groups excluding carboxylic acids is 1. The molecule has 30 heavy (non-hydrogen) atoms. The molecule has 5 fully saturated rings. The van der Waals surface area contributed by atoms with Gasteiger partial charge >= 0.3 is 5.97 Å². The van der Waals surface area contributed by atoms with E-state index in [4.69, 9.17) is 24.0 Å². The Balaban J connectivity index is 1.49. The first-order valence-electron chi connectivity index (χ1n) is 10.9. The number of fused-ring (bicyclic) bond motifs is 2. The van der Waals surface area contributed by atoms with Gasteiger partial charge in [-0.25, -0.2) is 14.6 Å². The van der Waals surface area contributed by atoms with Crippen LogP contribution in [0.3, 0.4) is 0 Å². The summed E-state index contributed by atoms with van der Waals surface area (Å²) < 4.78 is 18.0. The molecule has 4 heterocycles. The van der Waals surface area contributed by atoms with Gasteiger partial charge in [-0.05, 0) is 56.1 Å². The fourth-order valence-electron chi connectivity index (χ4n) is 5.98. The lowest BCUT2D eigenvalue weighted by Crippen LogP contribution is -2.70. The molecule has 0 N–H and O–H groups in total. The van der Waals surface area contributed by atoms with Gasteiger partial charge in [0.2, 0.25) is 5.79 Å². The fraction of sp³-hybridized carbons (Fsp3) is 0.696. The summed E-state index contributed by atoms with van der Waals surface area (Å²) >= 11 is 1.57. The molecule has 1 spiro atoms. The second-order valence-electron chi connectivity index (χ2n) is 9.38. The summed E-state index contributed by atoms with van der Waals surface area (Å²) in [6.07, 6.45) is 3.56. The molecule has 0 amide bonds. The average Bonchev–Trinajstić information content (AvgIpc) is 2.97. The summed E-state index contributed by atoms with van der Waals surface area (Å²) in [4.78, 5) is 25.2. The van der Waals surface area contributed by atoms with Gasteiger partial charge in [-0.15, -0.1) is 0 Å². The second-order valence-corrected chi connectivity index (χ2v) is 10.5. The van der Waals surface area contributed by atoms with E-state index in [1.165, 1.54) is 13.5 Å². The van der Waals surface area contributed by atoms with E-state index in [0.717, 1.165) is 24.2 Å². The number of thioether (sulfide) groups is 1. The fourth-order valence-corrected chi connectivity index (χ4v) is 7.23. The van der Waals surface area contributed by atoms with Crippen molar-refractivity contribution in [2.75, 3.05) is 7.11 Å². The van der Waals surface area contributed by atoms with Crippen molar-refractivity contribution in [3.8, 4) is 0 Å². The predicted molar refractivity (Wildman–Crippen MR) is 110 cm³/mol. The van der Waals surface area contributed by atoms with E-state index in [9.17, 15) is 4.79 Å². The molecule has 2 bridgehead atoms. The van der Waals surface area contributed by atoms with Crippen LogP contribution >= 0.6 is 11.8 Å². The minimum Gasteiger partial charge on any atom is -0.465 e. The zero-order valence-electron chi connectivity index (χ0n) is 18.0. The lowest BCUT2D eigenvalue weighted by atomic mass is 9.58. The van der Waals surface area contributed by atoms with E-state index in [-0.39, 0.29) is 23.2 Å². The molecule has 6 nitrogen and oxygen atoms in total. The zero-order chi connectivity index (χ0) is 21.1. The molecular formula is C23H30O6S. The standard InChI is InChI=1S/C23H30O6S/c1-13-9-10-17-14(2)20(30-18-8-6-5-7-15(18)19(24)25-4)26-21-23(17)16(13)11-12-22(3,27-21)28-29-23/h5-8,13-14,16-17,20-21H,9-12H2,1-4H3/t13-,14-,16+,17+,20+,21-,22-,23-/m1/s1. The third-order valence-electron chi connectivity index (χ3n) is 7.63. The van der Waals surface area contributed by atoms with E-state index in [2.05, 4.69) is 13.8 Å². The minimum atomic E-state index is -0.781. The van der Waals surface area contributed by atoms with Crippen LogP contribution in [0.1, 0.15) is 56.8 Å². The highest BCUT2D eigenvalue weighted by Crippen LogP contribution is 2.61. The van der Waals surface area contributed by atoms with Gasteiger partial charge in [-0.2, -0.15) is 0 Å². The third kappa shape index (κ3) is 3.05. The van der Waals surface area contributed by atoms with Crippen molar-refractivity contribution in [1.29, 1.82) is 0 Å². The van der Waals surface area contributed by atoms with Crippen LogP contribution in [0.4, 0.5) is 0 Å². The molecule has 1 saturated carbocycles. The Hall–Kier alpha value is -1.12. The average molecular weight is 435 g/mol. The van der Waals surface area contributed by atoms with E-state index in [1.807, 2.05) is 25.1 Å². The molecule has 0 aromatic heterocycles. The zero-order valence-corrected chi connectivity index (χ0v) is 18.8. The van der Waals surface area contributed by atoms with E-state index in [1.54, 1.807) is 17.8 Å². The molecule has 0 unspecified atom stereocenters. The summed E-state index contributed by atoms with van der Waals surface area (Å²) in [6, 6.07) is 7.53. The Morgan fingerprint density at radius 2 is 1.93 bits per heavy atom.